The van der Waals surface area contributed by atoms with Gasteiger partial charge < -0.3 is 48.1 Å². The van der Waals surface area contributed by atoms with Crippen LogP contribution >= 0.6 is 0 Å². The van der Waals surface area contributed by atoms with E-state index in [0.717, 1.165) is 11.1 Å². The van der Waals surface area contributed by atoms with Gasteiger partial charge >= 0.3 is 0 Å². The lowest BCUT2D eigenvalue weighted by Gasteiger charge is -2.29. The Hall–Kier alpha value is -2.28. The van der Waals surface area contributed by atoms with Crippen LogP contribution in [-0.4, -0.2) is 89.5 Å². The molecule has 10 heteroatoms. The molecule has 0 heterocycles. The Kier molecular flexibility index (Phi) is 19.3. The summed E-state index contributed by atoms with van der Waals surface area (Å²) in [6, 6.07) is 7.90. The van der Waals surface area contributed by atoms with E-state index in [9.17, 15) is 10.2 Å². The molecule has 0 aromatic heterocycles. The molecule has 45 heavy (non-hydrogen) atoms. The first-order chi connectivity index (χ1) is 21.8. The molecule has 0 aliphatic rings. The first-order valence-electron chi connectivity index (χ1n) is 16.1. The third-order valence-corrected chi connectivity index (χ3v) is 7.31. The van der Waals surface area contributed by atoms with Crippen LogP contribution < -0.4 is 0 Å². The van der Waals surface area contributed by atoms with E-state index in [2.05, 4.69) is 13.8 Å². The van der Waals surface area contributed by atoms with Crippen molar-refractivity contribution in [2.24, 2.45) is 0 Å². The van der Waals surface area contributed by atoms with Crippen LogP contribution in [0, 0.1) is 0 Å². The van der Waals surface area contributed by atoms with Crippen LogP contribution in [0.1, 0.15) is 74.9 Å². The highest BCUT2D eigenvalue weighted by Gasteiger charge is 2.28. The number of ether oxygens (including phenoxy) is 8. The van der Waals surface area contributed by atoms with Crippen LogP contribution in [0.5, 0.6) is 11.5 Å². The first kappa shape index (κ1) is 38.9. The van der Waals surface area contributed by atoms with Crippen molar-refractivity contribution in [1.82, 2.24) is 0 Å². The molecule has 0 amide bonds. The van der Waals surface area contributed by atoms with Gasteiger partial charge in [0.1, 0.15) is 11.5 Å². The molecule has 0 fully saturated rings. The zero-order valence-corrected chi connectivity index (χ0v) is 28.3. The van der Waals surface area contributed by atoms with Crippen molar-refractivity contribution in [3.63, 3.8) is 0 Å². The fourth-order valence-electron chi connectivity index (χ4n) is 4.63. The summed E-state index contributed by atoms with van der Waals surface area (Å²) in [4.78, 5) is 0. The largest absolute Gasteiger partial charge is 0.507 e. The van der Waals surface area contributed by atoms with E-state index in [1.54, 1.807) is 0 Å². The summed E-state index contributed by atoms with van der Waals surface area (Å²) in [5.74, 6) is 0.305. The Morgan fingerprint density at radius 2 is 0.644 bits per heavy atom. The standard InChI is InChI=1S/C35H56O10/c1-7-38-11-15-42-23-27-19-31(20-28(33(27)36)24-43-16-12-39-8-2)35(5,6)32-21-29(25-44-17-13-40-9-3)34(37)30(22-32)26-45-18-14-41-10-4/h19-22,36-37H,7-18,23-26H2,1-6H3. The van der Waals surface area contributed by atoms with Crippen LogP contribution in [0.15, 0.2) is 24.3 Å². The quantitative estimate of drug-likeness (QED) is 0.126. The minimum Gasteiger partial charge on any atom is -0.507 e. The summed E-state index contributed by atoms with van der Waals surface area (Å²) in [6.45, 7) is 18.9. The van der Waals surface area contributed by atoms with E-state index < -0.39 is 5.41 Å². The monoisotopic (exact) mass is 636 g/mol. The number of phenols is 2. The molecule has 2 aromatic rings. The SMILES string of the molecule is CCOCCOCc1cc(C(C)(C)c2cc(COCCOCC)c(O)c(COCCOCC)c2)cc(COCCOCC)c1O. The highest BCUT2D eigenvalue weighted by molar-refractivity contribution is 5.52. The third-order valence-electron chi connectivity index (χ3n) is 7.31. The molecular formula is C35H56O10. The van der Waals surface area contributed by atoms with Gasteiger partial charge in [-0.05, 0) is 63.1 Å². The predicted octanol–water partition coefficient (Wildman–Crippen LogP) is 5.64. The Morgan fingerprint density at radius 3 is 0.867 bits per heavy atom. The molecule has 0 unspecified atom stereocenters. The van der Waals surface area contributed by atoms with Crippen molar-refractivity contribution in [2.45, 2.75) is 73.4 Å². The van der Waals surface area contributed by atoms with E-state index in [0.29, 0.717) is 102 Å². The average Bonchev–Trinajstić information content (AvgIpc) is 3.03. The van der Waals surface area contributed by atoms with E-state index in [1.807, 2.05) is 52.0 Å². The van der Waals surface area contributed by atoms with Crippen molar-refractivity contribution in [2.75, 3.05) is 79.3 Å². The van der Waals surface area contributed by atoms with Crippen LogP contribution in [0.25, 0.3) is 0 Å². The summed E-state index contributed by atoms with van der Waals surface area (Å²) < 4.78 is 45.0. The maximum atomic E-state index is 11.2. The molecule has 0 atom stereocenters. The maximum absolute atomic E-state index is 11.2. The van der Waals surface area contributed by atoms with E-state index in [-0.39, 0.29) is 37.9 Å². The highest BCUT2D eigenvalue weighted by atomic mass is 16.5. The Balaban J connectivity index is 2.44. The molecular weight excluding hydrogens is 580 g/mol. The molecule has 0 radical (unpaired) electrons. The van der Waals surface area contributed by atoms with Crippen molar-refractivity contribution >= 4 is 0 Å². The Morgan fingerprint density at radius 1 is 0.422 bits per heavy atom. The summed E-state index contributed by atoms with van der Waals surface area (Å²) in [5, 5.41) is 22.4. The zero-order chi connectivity index (χ0) is 32.9. The van der Waals surface area contributed by atoms with Gasteiger partial charge in [-0.3, -0.25) is 0 Å². The van der Waals surface area contributed by atoms with Gasteiger partial charge in [0.15, 0.2) is 0 Å². The molecule has 2 N–H and O–H groups in total. The maximum Gasteiger partial charge on any atom is 0.126 e. The van der Waals surface area contributed by atoms with Gasteiger partial charge in [0.05, 0.1) is 79.3 Å². The number of rotatable bonds is 26. The second-order valence-electron chi connectivity index (χ2n) is 10.9. The lowest BCUT2D eigenvalue weighted by molar-refractivity contribution is 0.0419. The molecule has 0 aliphatic heterocycles. The number of hydrogen-bond donors (Lipinski definition) is 2. The van der Waals surface area contributed by atoms with Gasteiger partial charge in [-0.1, -0.05) is 13.8 Å². The average molecular weight is 637 g/mol. The van der Waals surface area contributed by atoms with E-state index in [1.165, 1.54) is 0 Å². The van der Waals surface area contributed by atoms with Crippen molar-refractivity contribution in [1.29, 1.82) is 0 Å². The molecule has 0 aliphatic carbocycles. The highest BCUT2D eigenvalue weighted by Crippen LogP contribution is 2.39. The van der Waals surface area contributed by atoms with Gasteiger partial charge in [0.25, 0.3) is 0 Å². The molecule has 256 valence electrons. The fraction of sp³-hybridized carbons (Fsp3) is 0.657. The number of hydrogen-bond acceptors (Lipinski definition) is 10. The summed E-state index contributed by atoms with van der Waals surface area (Å²) in [5.41, 5.74) is 4.04. The summed E-state index contributed by atoms with van der Waals surface area (Å²) in [7, 11) is 0. The topological polar surface area (TPSA) is 114 Å². The van der Waals surface area contributed by atoms with Crippen molar-refractivity contribution < 1.29 is 48.1 Å². The van der Waals surface area contributed by atoms with E-state index >= 15 is 0 Å². The number of phenolic OH excluding ortho intramolecular Hbond substituents is 2. The molecule has 2 aromatic carbocycles. The van der Waals surface area contributed by atoms with Gasteiger partial charge in [-0.2, -0.15) is 0 Å². The minimum absolute atomic E-state index is 0.153. The second kappa shape index (κ2) is 22.3. The van der Waals surface area contributed by atoms with Crippen LogP contribution in [0.3, 0.4) is 0 Å². The first-order valence-corrected chi connectivity index (χ1v) is 16.1. The van der Waals surface area contributed by atoms with Gasteiger partial charge in [0, 0.05) is 54.1 Å². The minimum atomic E-state index is -0.540. The van der Waals surface area contributed by atoms with Crippen molar-refractivity contribution in [3.05, 3.63) is 57.6 Å². The lowest BCUT2D eigenvalue weighted by atomic mass is 9.76. The number of aromatic hydroxyl groups is 2. The van der Waals surface area contributed by atoms with Gasteiger partial charge in [0.2, 0.25) is 0 Å². The smallest absolute Gasteiger partial charge is 0.126 e. The predicted molar refractivity (Wildman–Crippen MR) is 173 cm³/mol. The number of benzene rings is 2. The molecule has 0 spiro atoms. The molecule has 10 nitrogen and oxygen atoms in total. The lowest BCUT2D eigenvalue weighted by Crippen LogP contribution is -2.21. The van der Waals surface area contributed by atoms with Crippen molar-refractivity contribution in [3.8, 4) is 11.5 Å². The fourth-order valence-corrected chi connectivity index (χ4v) is 4.63. The van der Waals surface area contributed by atoms with Crippen LogP contribution in [-0.2, 0) is 69.7 Å². The molecule has 0 saturated carbocycles. The molecule has 2 rings (SSSR count). The third kappa shape index (κ3) is 13.5. The van der Waals surface area contributed by atoms with E-state index in [4.69, 9.17) is 37.9 Å². The second-order valence-corrected chi connectivity index (χ2v) is 10.9. The molecule has 0 saturated heterocycles. The normalized spacial score (nSPS) is 11.9. The Bertz CT molecular complexity index is 935. The Labute approximate surface area is 269 Å². The molecule has 0 bridgehead atoms. The summed E-state index contributed by atoms with van der Waals surface area (Å²) in [6.07, 6.45) is 0. The zero-order valence-electron chi connectivity index (χ0n) is 28.3. The van der Waals surface area contributed by atoms with Gasteiger partial charge in [-0.25, -0.2) is 0 Å². The van der Waals surface area contributed by atoms with Crippen LogP contribution in [0.4, 0.5) is 0 Å². The summed E-state index contributed by atoms with van der Waals surface area (Å²) >= 11 is 0. The van der Waals surface area contributed by atoms with Gasteiger partial charge in [-0.15, -0.1) is 0 Å². The van der Waals surface area contributed by atoms with Crippen LogP contribution in [0.2, 0.25) is 0 Å².